The number of hydrogen-bond acceptors (Lipinski definition) is 3. The predicted octanol–water partition coefficient (Wildman–Crippen LogP) is 4.45. The van der Waals surface area contributed by atoms with E-state index in [1.54, 1.807) is 18.2 Å². The van der Waals surface area contributed by atoms with Gasteiger partial charge in [-0.3, -0.25) is 0 Å². The molecule has 3 nitrogen and oxygen atoms in total. The molecule has 0 aliphatic rings. The van der Waals surface area contributed by atoms with Crippen LogP contribution in [0.1, 0.15) is 0 Å². The lowest BCUT2D eigenvalue weighted by Crippen LogP contribution is -1.89. The second kappa shape index (κ2) is 4.12. The topological polar surface area (TPSA) is 46.0 Å². The molecule has 18 heavy (non-hydrogen) atoms. The van der Waals surface area contributed by atoms with Crippen molar-refractivity contribution in [3.05, 3.63) is 39.3 Å². The van der Waals surface area contributed by atoms with E-state index in [9.17, 15) is 5.11 Å². The van der Waals surface area contributed by atoms with Gasteiger partial charge in [-0.25, -0.2) is 9.97 Å². The lowest BCUT2D eigenvalue weighted by atomic mass is 10.2. The van der Waals surface area contributed by atoms with Gasteiger partial charge in [-0.15, -0.1) is 0 Å². The molecular formula is C12H5Cl3N2O. The SMILES string of the molecule is Oc1ccc(Cl)c2nc3cc(Cl)c(Cl)cc3nc12. The Morgan fingerprint density at radius 1 is 0.778 bits per heavy atom. The number of phenols is 1. The van der Waals surface area contributed by atoms with Gasteiger partial charge < -0.3 is 5.11 Å². The fraction of sp³-hybridized carbons (Fsp3) is 0. The molecule has 0 atom stereocenters. The zero-order valence-electron chi connectivity index (χ0n) is 8.78. The molecule has 0 amide bonds. The lowest BCUT2D eigenvalue weighted by molar-refractivity contribution is 0.480. The Labute approximate surface area is 117 Å². The Bertz CT molecular complexity index is 723. The molecule has 90 valence electrons. The van der Waals surface area contributed by atoms with Crippen LogP contribution in [0.4, 0.5) is 0 Å². The summed E-state index contributed by atoms with van der Waals surface area (Å²) in [6.07, 6.45) is 0. The summed E-state index contributed by atoms with van der Waals surface area (Å²) in [5.74, 6) is 0.0230. The average Bonchev–Trinajstić information content (AvgIpc) is 2.34. The number of fused-ring (bicyclic) bond motifs is 2. The highest BCUT2D eigenvalue weighted by molar-refractivity contribution is 6.42. The second-order valence-corrected chi connectivity index (χ2v) is 4.96. The van der Waals surface area contributed by atoms with Crippen LogP contribution in [0.5, 0.6) is 5.75 Å². The van der Waals surface area contributed by atoms with Gasteiger partial charge >= 0.3 is 0 Å². The Morgan fingerprint density at radius 2 is 1.33 bits per heavy atom. The monoisotopic (exact) mass is 298 g/mol. The van der Waals surface area contributed by atoms with Crippen LogP contribution in [0.3, 0.4) is 0 Å². The van der Waals surface area contributed by atoms with Gasteiger partial charge in [-0.2, -0.15) is 0 Å². The first-order chi connectivity index (χ1) is 8.56. The Balaban J connectivity index is 2.51. The fourth-order valence-corrected chi connectivity index (χ4v) is 2.22. The minimum absolute atomic E-state index is 0.0230. The molecule has 3 aromatic rings. The van der Waals surface area contributed by atoms with Gasteiger partial charge in [0.15, 0.2) is 0 Å². The number of benzene rings is 2. The van der Waals surface area contributed by atoms with Crippen LogP contribution >= 0.6 is 34.8 Å². The molecule has 1 heterocycles. The van der Waals surface area contributed by atoms with Crippen LogP contribution in [0.15, 0.2) is 24.3 Å². The Kier molecular flexibility index (Phi) is 2.70. The second-order valence-electron chi connectivity index (χ2n) is 3.74. The molecule has 0 saturated heterocycles. The number of aromatic hydroxyl groups is 1. The van der Waals surface area contributed by atoms with Crippen molar-refractivity contribution >= 4 is 56.9 Å². The van der Waals surface area contributed by atoms with Gasteiger partial charge in [0.05, 0.1) is 26.1 Å². The maximum absolute atomic E-state index is 9.76. The lowest BCUT2D eigenvalue weighted by Gasteiger charge is -2.05. The number of phenolic OH excluding ortho intramolecular Hbond substituents is 1. The molecule has 0 unspecified atom stereocenters. The van der Waals surface area contributed by atoms with Gasteiger partial charge in [-0.1, -0.05) is 34.8 Å². The molecule has 0 spiro atoms. The van der Waals surface area contributed by atoms with Gasteiger partial charge in [0, 0.05) is 0 Å². The van der Waals surface area contributed by atoms with Crippen molar-refractivity contribution in [1.82, 2.24) is 9.97 Å². The van der Waals surface area contributed by atoms with E-state index >= 15 is 0 Å². The molecule has 0 aliphatic heterocycles. The first-order valence-electron chi connectivity index (χ1n) is 5.00. The predicted molar refractivity (Wildman–Crippen MR) is 73.7 cm³/mol. The van der Waals surface area contributed by atoms with Crippen molar-refractivity contribution < 1.29 is 5.11 Å². The molecule has 1 aromatic heterocycles. The molecule has 0 fully saturated rings. The summed E-state index contributed by atoms with van der Waals surface area (Å²) >= 11 is 17.9. The van der Waals surface area contributed by atoms with Crippen molar-refractivity contribution in [1.29, 1.82) is 0 Å². The Hall–Kier alpha value is -1.29. The molecule has 0 saturated carbocycles. The van der Waals surface area contributed by atoms with E-state index in [2.05, 4.69) is 9.97 Å². The third-order valence-electron chi connectivity index (χ3n) is 2.56. The largest absolute Gasteiger partial charge is 0.506 e. The molecule has 2 aromatic carbocycles. The smallest absolute Gasteiger partial charge is 0.143 e. The Morgan fingerprint density at radius 3 is 1.94 bits per heavy atom. The van der Waals surface area contributed by atoms with E-state index in [4.69, 9.17) is 34.8 Å². The maximum atomic E-state index is 9.76. The summed E-state index contributed by atoms with van der Waals surface area (Å²) in [6.45, 7) is 0. The number of aromatic nitrogens is 2. The maximum Gasteiger partial charge on any atom is 0.143 e. The summed E-state index contributed by atoms with van der Waals surface area (Å²) in [5.41, 5.74) is 1.90. The van der Waals surface area contributed by atoms with Crippen molar-refractivity contribution in [2.75, 3.05) is 0 Å². The number of rotatable bonds is 0. The minimum atomic E-state index is 0.0230. The van der Waals surface area contributed by atoms with Crippen LogP contribution in [0, 0.1) is 0 Å². The van der Waals surface area contributed by atoms with E-state index in [0.29, 0.717) is 37.1 Å². The zero-order valence-corrected chi connectivity index (χ0v) is 11.1. The van der Waals surface area contributed by atoms with Crippen molar-refractivity contribution in [3.63, 3.8) is 0 Å². The molecule has 3 rings (SSSR count). The normalized spacial score (nSPS) is 11.3. The first kappa shape index (κ1) is 11.8. The highest BCUT2D eigenvalue weighted by atomic mass is 35.5. The van der Waals surface area contributed by atoms with Gasteiger partial charge in [0.25, 0.3) is 0 Å². The molecular weight excluding hydrogens is 295 g/mol. The molecule has 1 N–H and O–H groups in total. The third kappa shape index (κ3) is 1.75. The number of nitrogens with zero attached hydrogens (tertiary/aromatic N) is 2. The van der Waals surface area contributed by atoms with E-state index in [0.717, 1.165) is 0 Å². The quantitative estimate of drug-likeness (QED) is 0.624. The zero-order chi connectivity index (χ0) is 12.9. The standard InChI is InChI=1S/C12H5Cl3N2O/c13-5-1-2-10(18)12-11(5)16-8-3-6(14)7(15)4-9(8)17-12/h1-4,18H. The van der Waals surface area contributed by atoms with Crippen LogP contribution in [-0.4, -0.2) is 15.1 Å². The van der Waals surface area contributed by atoms with Gasteiger partial charge in [0.1, 0.15) is 16.8 Å². The van der Waals surface area contributed by atoms with Gasteiger partial charge in [0.2, 0.25) is 0 Å². The van der Waals surface area contributed by atoms with Gasteiger partial charge in [-0.05, 0) is 24.3 Å². The third-order valence-corrected chi connectivity index (χ3v) is 3.59. The van der Waals surface area contributed by atoms with E-state index in [-0.39, 0.29) is 5.75 Å². The van der Waals surface area contributed by atoms with E-state index in [1.165, 1.54) is 6.07 Å². The number of halogens is 3. The van der Waals surface area contributed by atoms with Crippen molar-refractivity contribution in [2.45, 2.75) is 0 Å². The summed E-state index contributed by atoms with van der Waals surface area (Å²) in [6, 6.07) is 6.26. The minimum Gasteiger partial charge on any atom is -0.506 e. The summed E-state index contributed by atoms with van der Waals surface area (Å²) in [5, 5.41) is 11.0. The molecule has 0 aliphatic carbocycles. The summed E-state index contributed by atoms with van der Waals surface area (Å²) in [4.78, 5) is 8.64. The van der Waals surface area contributed by atoms with Crippen LogP contribution in [0.2, 0.25) is 15.1 Å². The highest BCUT2D eigenvalue weighted by Gasteiger charge is 2.10. The van der Waals surface area contributed by atoms with E-state index in [1.807, 2.05) is 0 Å². The molecule has 0 bridgehead atoms. The van der Waals surface area contributed by atoms with Crippen LogP contribution in [0.25, 0.3) is 22.1 Å². The van der Waals surface area contributed by atoms with Crippen molar-refractivity contribution in [2.24, 2.45) is 0 Å². The highest BCUT2D eigenvalue weighted by Crippen LogP contribution is 2.32. The summed E-state index contributed by atoms with van der Waals surface area (Å²) < 4.78 is 0. The van der Waals surface area contributed by atoms with Crippen LogP contribution < -0.4 is 0 Å². The first-order valence-corrected chi connectivity index (χ1v) is 6.13. The number of hydrogen-bond donors (Lipinski definition) is 1. The summed E-state index contributed by atoms with van der Waals surface area (Å²) in [7, 11) is 0. The van der Waals surface area contributed by atoms with E-state index < -0.39 is 0 Å². The molecule has 0 radical (unpaired) electrons. The fourth-order valence-electron chi connectivity index (χ4n) is 1.71. The molecule has 6 heteroatoms. The van der Waals surface area contributed by atoms with Crippen LogP contribution in [-0.2, 0) is 0 Å². The van der Waals surface area contributed by atoms with Crippen molar-refractivity contribution in [3.8, 4) is 5.75 Å². The average molecular weight is 300 g/mol.